The van der Waals surface area contributed by atoms with Crippen LogP contribution in [0.5, 0.6) is 0 Å². The molecule has 2 aliphatic rings. The highest BCUT2D eigenvalue weighted by molar-refractivity contribution is 6.12. The Balaban J connectivity index is 2.95. The van der Waals surface area contributed by atoms with E-state index in [-0.39, 0.29) is 5.56 Å². The molecule has 0 spiro atoms. The van der Waals surface area contributed by atoms with Crippen LogP contribution in [0.15, 0.2) is 18.2 Å². The number of hydrogen-bond donors (Lipinski definition) is 0. The Morgan fingerprint density at radius 2 is 1.52 bits per heavy atom. The van der Waals surface area contributed by atoms with Gasteiger partial charge >= 0.3 is 11.9 Å². The van der Waals surface area contributed by atoms with E-state index in [0.717, 1.165) is 27.8 Å². The van der Waals surface area contributed by atoms with Crippen LogP contribution in [0.25, 0.3) is 11.1 Å². The fraction of sp³-hybridized carbons (Fsp3) is 0.368. The van der Waals surface area contributed by atoms with Crippen LogP contribution in [0.1, 0.15) is 57.2 Å². The first-order valence-corrected chi connectivity index (χ1v) is 7.56. The number of fused-ring (bicyclic) bond motifs is 1. The Morgan fingerprint density at radius 3 is 2.04 bits per heavy atom. The second kappa shape index (κ2) is 6.41. The Morgan fingerprint density at radius 1 is 0.957 bits per heavy atom. The molecule has 0 atom stereocenters. The normalized spacial score (nSPS) is 10.9. The smallest absolute Gasteiger partial charge is 0.339 e. The molecule has 122 valence electrons. The minimum atomic E-state index is -0.524. The van der Waals surface area contributed by atoms with Crippen LogP contribution < -0.4 is 0 Å². The lowest BCUT2D eigenvalue weighted by molar-refractivity contribution is 0.0556. The van der Waals surface area contributed by atoms with Crippen molar-refractivity contribution in [1.82, 2.24) is 0 Å². The largest absolute Gasteiger partial charge is 0.465 e. The predicted octanol–water partition coefficient (Wildman–Crippen LogP) is 4.10. The van der Waals surface area contributed by atoms with E-state index >= 15 is 0 Å². The molecule has 4 heteroatoms. The average Bonchev–Trinajstić information content (AvgIpc) is 2.69. The Labute approximate surface area is 136 Å². The van der Waals surface area contributed by atoms with E-state index < -0.39 is 11.9 Å². The molecule has 2 rings (SSSR count). The number of rotatable bonds is 3. The van der Waals surface area contributed by atoms with Gasteiger partial charge in [-0.05, 0) is 42.0 Å². The molecule has 0 saturated heterocycles. The van der Waals surface area contributed by atoms with E-state index in [4.69, 9.17) is 9.47 Å². The number of ether oxygens (including phenoxy) is 2. The summed E-state index contributed by atoms with van der Waals surface area (Å²) in [6.45, 7) is 7.98. The van der Waals surface area contributed by atoms with Gasteiger partial charge in [0.2, 0.25) is 0 Å². The van der Waals surface area contributed by atoms with E-state index in [0.29, 0.717) is 11.5 Å². The minimum absolute atomic E-state index is 0.287. The van der Waals surface area contributed by atoms with E-state index in [2.05, 4.69) is 19.9 Å². The molecule has 2 aliphatic carbocycles. The molecule has 0 fully saturated rings. The van der Waals surface area contributed by atoms with Gasteiger partial charge < -0.3 is 9.47 Å². The van der Waals surface area contributed by atoms with Crippen LogP contribution >= 0.6 is 0 Å². The summed E-state index contributed by atoms with van der Waals surface area (Å²) in [7, 11) is 2.63. The Bertz CT molecular complexity index is 744. The second-order valence-electron chi connectivity index (χ2n) is 5.96. The molecule has 0 N–H and O–H groups in total. The lowest BCUT2D eigenvalue weighted by Crippen LogP contribution is -2.10. The van der Waals surface area contributed by atoms with Gasteiger partial charge in [0.1, 0.15) is 0 Å². The molecule has 0 aromatic rings. The lowest BCUT2D eigenvalue weighted by atomic mass is 10.0. The van der Waals surface area contributed by atoms with Gasteiger partial charge in [0.15, 0.2) is 0 Å². The summed E-state index contributed by atoms with van der Waals surface area (Å²) < 4.78 is 9.79. The number of esters is 2. The van der Waals surface area contributed by atoms with Crippen LogP contribution in [-0.4, -0.2) is 26.2 Å². The minimum Gasteiger partial charge on any atom is -0.465 e. The quantitative estimate of drug-likeness (QED) is 0.800. The summed E-state index contributed by atoms with van der Waals surface area (Å²) in [6, 6.07) is 6.07. The van der Waals surface area contributed by atoms with Gasteiger partial charge in [-0.25, -0.2) is 9.59 Å². The Hall–Kier alpha value is -2.36. The third kappa shape index (κ3) is 2.81. The molecule has 0 amide bonds. The zero-order valence-electron chi connectivity index (χ0n) is 14.4. The molecular formula is C19H22O4. The van der Waals surface area contributed by atoms with Crippen molar-refractivity contribution >= 4 is 11.9 Å². The summed E-state index contributed by atoms with van der Waals surface area (Å²) in [5.74, 6) is -0.710. The van der Waals surface area contributed by atoms with Crippen LogP contribution in [0.2, 0.25) is 0 Å². The van der Waals surface area contributed by atoms with Gasteiger partial charge in [-0.2, -0.15) is 0 Å². The van der Waals surface area contributed by atoms with Gasteiger partial charge in [0.25, 0.3) is 0 Å². The molecule has 0 bridgehead atoms. The molecule has 0 heterocycles. The first-order valence-electron chi connectivity index (χ1n) is 7.56. The highest BCUT2D eigenvalue weighted by Gasteiger charge is 2.31. The molecule has 4 nitrogen and oxygen atoms in total. The van der Waals surface area contributed by atoms with Gasteiger partial charge in [-0.3, -0.25) is 0 Å². The first-order chi connectivity index (χ1) is 10.8. The maximum atomic E-state index is 12.3. The van der Waals surface area contributed by atoms with Gasteiger partial charge in [0, 0.05) is 5.56 Å². The zero-order valence-corrected chi connectivity index (χ0v) is 14.4. The van der Waals surface area contributed by atoms with Crippen LogP contribution in [0, 0.1) is 13.8 Å². The molecule has 23 heavy (non-hydrogen) atoms. The highest BCUT2D eigenvalue weighted by atomic mass is 16.5. The summed E-state index contributed by atoms with van der Waals surface area (Å²) in [5.41, 5.74) is 5.02. The Kier molecular flexibility index (Phi) is 4.73. The summed E-state index contributed by atoms with van der Waals surface area (Å²) in [4.78, 5) is 24.5. The number of aryl methyl sites for hydroxylation is 1. The number of methoxy groups -OCH3 is 2. The van der Waals surface area contributed by atoms with Crippen LogP contribution in [0.3, 0.4) is 0 Å². The van der Waals surface area contributed by atoms with Crippen molar-refractivity contribution in [2.24, 2.45) is 0 Å². The molecule has 0 radical (unpaired) electrons. The summed E-state index contributed by atoms with van der Waals surface area (Å²) in [6.07, 6.45) is 0. The average molecular weight is 314 g/mol. The molecule has 0 aromatic heterocycles. The number of hydrogen-bond acceptors (Lipinski definition) is 4. The summed E-state index contributed by atoms with van der Waals surface area (Å²) >= 11 is 0. The van der Waals surface area contributed by atoms with Gasteiger partial charge in [-0.1, -0.05) is 32.0 Å². The fourth-order valence-electron chi connectivity index (χ4n) is 2.90. The number of carbonyl (C=O) groups excluding carboxylic acids is 2. The first kappa shape index (κ1) is 17.0. The van der Waals surface area contributed by atoms with Crippen LogP contribution in [0.4, 0.5) is 0 Å². The third-order valence-electron chi connectivity index (χ3n) is 4.23. The summed E-state index contributed by atoms with van der Waals surface area (Å²) in [5, 5.41) is 0. The van der Waals surface area contributed by atoms with Crippen molar-refractivity contribution < 1.29 is 19.1 Å². The maximum Gasteiger partial charge on any atom is 0.339 e. The van der Waals surface area contributed by atoms with Crippen molar-refractivity contribution in [2.45, 2.75) is 33.6 Å². The SMILES string of the molecule is COC(=O)c1c(C)c2cc(C(C)C)ccc(C)c-2c1C(=O)OC. The van der Waals surface area contributed by atoms with Crippen molar-refractivity contribution in [1.29, 1.82) is 0 Å². The molecular weight excluding hydrogens is 292 g/mol. The second-order valence-corrected chi connectivity index (χ2v) is 5.96. The maximum absolute atomic E-state index is 12.3. The topological polar surface area (TPSA) is 52.6 Å². The standard InChI is InChI=1S/C19H22O4/c1-10(2)13-8-7-11(3)15-14(9-13)12(4)16(18(20)22-5)17(15)19(21)23-6/h7-10H,1-6H3. The monoisotopic (exact) mass is 314 g/mol. The van der Waals surface area contributed by atoms with Gasteiger partial charge in [-0.15, -0.1) is 0 Å². The number of carbonyl (C=O) groups is 2. The molecule has 0 saturated carbocycles. The van der Waals surface area contributed by atoms with Crippen molar-refractivity contribution in [2.75, 3.05) is 14.2 Å². The molecule has 0 aliphatic heterocycles. The van der Waals surface area contributed by atoms with E-state index in [9.17, 15) is 9.59 Å². The van der Waals surface area contributed by atoms with E-state index in [1.807, 2.05) is 26.0 Å². The van der Waals surface area contributed by atoms with Crippen molar-refractivity contribution in [3.8, 4) is 11.1 Å². The van der Waals surface area contributed by atoms with Crippen molar-refractivity contribution in [3.63, 3.8) is 0 Å². The van der Waals surface area contributed by atoms with Crippen LogP contribution in [-0.2, 0) is 9.47 Å². The molecule has 0 aromatic carbocycles. The third-order valence-corrected chi connectivity index (χ3v) is 4.23. The zero-order chi connectivity index (χ0) is 17.3. The van der Waals surface area contributed by atoms with Gasteiger partial charge in [0.05, 0.1) is 25.3 Å². The van der Waals surface area contributed by atoms with Crippen molar-refractivity contribution in [3.05, 3.63) is 46.0 Å². The lowest BCUT2D eigenvalue weighted by Gasteiger charge is -2.05. The highest BCUT2D eigenvalue weighted by Crippen LogP contribution is 2.40. The van der Waals surface area contributed by atoms with E-state index in [1.165, 1.54) is 14.2 Å². The predicted molar refractivity (Wildman–Crippen MR) is 89.3 cm³/mol. The fourth-order valence-corrected chi connectivity index (χ4v) is 2.90. The molecule has 0 unspecified atom stereocenters. The van der Waals surface area contributed by atoms with E-state index in [1.54, 1.807) is 0 Å².